The van der Waals surface area contributed by atoms with Gasteiger partial charge in [0.2, 0.25) is 5.88 Å². The maximum atomic E-state index is 12.5. The van der Waals surface area contributed by atoms with Crippen LogP contribution in [0, 0.1) is 0 Å². The Bertz CT molecular complexity index is 938. The van der Waals surface area contributed by atoms with E-state index in [0.717, 1.165) is 0 Å². The molecular weight excluding hydrogens is 389 g/mol. The van der Waals surface area contributed by atoms with Gasteiger partial charge in [0.25, 0.3) is 5.91 Å². The molecule has 27 heavy (non-hydrogen) atoms. The zero-order chi connectivity index (χ0) is 19.2. The molecule has 0 aliphatic carbocycles. The van der Waals surface area contributed by atoms with Crippen molar-refractivity contribution in [3.8, 4) is 11.6 Å². The van der Waals surface area contributed by atoms with Crippen molar-refractivity contribution in [3.05, 3.63) is 82.2 Å². The van der Waals surface area contributed by atoms with Gasteiger partial charge in [0.15, 0.2) is 0 Å². The van der Waals surface area contributed by atoms with Gasteiger partial charge >= 0.3 is 0 Å². The number of aliphatic hydroxyl groups is 1. The van der Waals surface area contributed by atoms with E-state index < -0.39 is 12.0 Å². The van der Waals surface area contributed by atoms with Gasteiger partial charge in [0, 0.05) is 34.5 Å². The Morgan fingerprint density at radius 1 is 1.19 bits per heavy atom. The predicted molar refractivity (Wildman–Crippen MR) is 102 cm³/mol. The van der Waals surface area contributed by atoms with Gasteiger partial charge in [-0.2, -0.15) is 0 Å². The number of hydrogen-bond donors (Lipinski definition) is 2. The van der Waals surface area contributed by atoms with Gasteiger partial charge in [-0.1, -0.05) is 29.3 Å². The van der Waals surface area contributed by atoms with Crippen molar-refractivity contribution >= 4 is 29.1 Å². The van der Waals surface area contributed by atoms with Crippen LogP contribution in [0.1, 0.15) is 22.0 Å². The molecule has 0 aliphatic rings. The molecule has 6 nitrogen and oxygen atoms in total. The maximum absolute atomic E-state index is 12.5. The molecule has 2 N–H and O–H groups in total. The number of amides is 1. The van der Waals surface area contributed by atoms with E-state index in [1.807, 2.05) is 0 Å². The predicted octanol–water partition coefficient (Wildman–Crippen LogP) is 4.04. The van der Waals surface area contributed by atoms with Gasteiger partial charge in [0.1, 0.15) is 11.3 Å². The second kappa shape index (κ2) is 8.81. The number of nitrogens with zero attached hydrogens (tertiary/aromatic N) is 2. The SMILES string of the molecule is O=C(NCC(O)c1ccc(Cl)cc1Cl)c1cccnc1Oc1cccnc1. The van der Waals surface area contributed by atoms with Crippen molar-refractivity contribution < 1.29 is 14.6 Å². The molecule has 0 spiro atoms. The first-order chi connectivity index (χ1) is 13.0. The Hall–Kier alpha value is -2.67. The van der Waals surface area contributed by atoms with E-state index in [-0.39, 0.29) is 18.0 Å². The molecule has 138 valence electrons. The number of rotatable bonds is 6. The normalized spacial score (nSPS) is 11.7. The number of aliphatic hydroxyl groups excluding tert-OH is 1. The minimum Gasteiger partial charge on any atom is -0.437 e. The first kappa shape index (κ1) is 19.1. The second-order valence-electron chi connectivity index (χ2n) is 5.54. The monoisotopic (exact) mass is 403 g/mol. The van der Waals surface area contributed by atoms with Crippen LogP contribution in [-0.2, 0) is 0 Å². The zero-order valence-corrected chi connectivity index (χ0v) is 15.5. The number of ether oxygens (including phenoxy) is 1. The molecule has 3 rings (SSSR count). The fraction of sp³-hybridized carbons (Fsp3) is 0.105. The molecule has 1 atom stereocenters. The van der Waals surface area contributed by atoms with Gasteiger partial charge < -0.3 is 15.2 Å². The van der Waals surface area contributed by atoms with Crippen molar-refractivity contribution in [3.63, 3.8) is 0 Å². The molecule has 0 saturated carbocycles. The third-order valence-corrected chi connectivity index (χ3v) is 4.20. The highest BCUT2D eigenvalue weighted by atomic mass is 35.5. The average Bonchev–Trinajstić information content (AvgIpc) is 2.67. The fourth-order valence-corrected chi connectivity index (χ4v) is 2.86. The summed E-state index contributed by atoms with van der Waals surface area (Å²) in [6.45, 7) is -0.0403. The Labute approximate surface area is 165 Å². The lowest BCUT2D eigenvalue weighted by Gasteiger charge is -2.15. The topological polar surface area (TPSA) is 84.3 Å². The lowest BCUT2D eigenvalue weighted by molar-refractivity contribution is 0.0913. The van der Waals surface area contributed by atoms with E-state index in [0.29, 0.717) is 21.4 Å². The summed E-state index contributed by atoms with van der Waals surface area (Å²) in [7, 11) is 0. The van der Waals surface area contributed by atoms with E-state index in [1.54, 1.807) is 42.6 Å². The molecule has 2 aromatic heterocycles. The molecule has 1 aromatic carbocycles. The summed E-state index contributed by atoms with van der Waals surface area (Å²) >= 11 is 11.9. The molecule has 1 unspecified atom stereocenters. The second-order valence-corrected chi connectivity index (χ2v) is 6.38. The molecule has 8 heteroatoms. The Morgan fingerprint density at radius 3 is 2.74 bits per heavy atom. The number of benzene rings is 1. The van der Waals surface area contributed by atoms with Crippen LogP contribution in [0.3, 0.4) is 0 Å². The van der Waals surface area contributed by atoms with Crippen molar-refractivity contribution in [2.75, 3.05) is 6.54 Å². The molecule has 0 bridgehead atoms. The molecule has 0 saturated heterocycles. The van der Waals surface area contributed by atoms with E-state index in [1.165, 1.54) is 18.5 Å². The summed E-state index contributed by atoms with van der Waals surface area (Å²) < 4.78 is 5.62. The summed E-state index contributed by atoms with van der Waals surface area (Å²) in [4.78, 5) is 20.6. The van der Waals surface area contributed by atoms with Gasteiger partial charge in [-0.25, -0.2) is 4.98 Å². The van der Waals surface area contributed by atoms with E-state index in [4.69, 9.17) is 27.9 Å². The van der Waals surface area contributed by atoms with Crippen molar-refractivity contribution in [2.45, 2.75) is 6.10 Å². The highest BCUT2D eigenvalue weighted by molar-refractivity contribution is 6.35. The van der Waals surface area contributed by atoms with E-state index in [9.17, 15) is 9.90 Å². The summed E-state index contributed by atoms with van der Waals surface area (Å²) in [5.74, 6) is 0.159. The Morgan fingerprint density at radius 2 is 2.00 bits per heavy atom. The molecule has 0 fully saturated rings. The number of carbonyl (C=O) groups is 1. The number of halogens is 2. The highest BCUT2D eigenvalue weighted by Crippen LogP contribution is 2.26. The van der Waals surface area contributed by atoms with Crippen molar-refractivity contribution in [1.29, 1.82) is 0 Å². The average molecular weight is 404 g/mol. The van der Waals surface area contributed by atoms with Crippen LogP contribution in [0.25, 0.3) is 0 Å². The lowest BCUT2D eigenvalue weighted by atomic mass is 10.1. The first-order valence-electron chi connectivity index (χ1n) is 7.98. The number of carbonyl (C=O) groups excluding carboxylic acids is 1. The number of hydrogen-bond acceptors (Lipinski definition) is 5. The van der Waals surface area contributed by atoms with Gasteiger partial charge in [0.05, 0.1) is 12.3 Å². The summed E-state index contributed by atoms with van der Waals surface area (Å²) in [5, 5.41) is 13.7. The summed E-state index contributed by atoms with van der Waals surface area (Å²) in [6.07, 6.45) is 3.66. The largest absolute Gasteiger partial charge is 0.437 e. The van der Waals surface area contributed by atoms with Crippen LogP contribution in [0.15, 0.2) is 61.1 Å². The number of pyridine rings is 2. The maximum Gasteiger partial charge on any atom is 0.256 e. The fourth-order valence-electron chi connectivity index (χ4n) is 2.33. The Balaban J connectivity index is 1.69. The molecular formula is C19H15Cl2N3O3. The van der Waals surface area contributed by atoms with Crippen LogP contribution in [0.2, 0.25) is 10.0 Å². The third-order valence-electron chi connectivity index (χ3n) is 3.64. The minimum absolute atomic E-state index is 0.0403. The highest BCUT2D eigenvalue weighted by Gasteiger charge is 2.17. The summed E-state index contributed by atoms with van der Waals surface area (Å²) in [6, 6.07) is 11.4. The van der Waals surface area contributed by atoms with Crippen LogP contribution < -0.4 is 10.1 Å². The number of aromatic nitrogens is 2. The van der Waals surface area contributed by atoms with E-state index in [2.05, 4.69) is 15.3 Å². The van der Waals surface area contributed by atoms with Gasteiger partial charge in [-0.15, -0.1) is 0 Å². The quantitative estimate of drug-likeness (QED) is 0.648. The van der Waals surface area contributed by atoms with Gasteiger partial charge in [-0.3, -0.25) is 9.78 Å². The first-order valence-corrected chi connectivity index (χ1v) is 8.74. The van der Waals surface area contributed by atoms with Crippen LogP contribution in [-0.4, -0.2) is 27.5 Å². The smallest absolute Gasteiger partial charge is 0.256 e. The zero-order valence-electron chi connectivity index (χ0n) is 14.0. The van der Waals surface area contributed by atoms with Gasteiger partial charge in [-0.05, 0) is 36.4 Å². The molecule has 0 radical (unpaired) electrons. The molecule has 1 amide bonds. The molecule has 2 heterocycles. The van der Waals surface area contributed by atoms with E-state index >= 15 is 0 Å². The molecule has 3 aromatic rings. The summed E-state index contributed by atoms with van der Waals surface area (Å²) in [5.41, 5.74) is 0.704. The Kier molecular flexibility index (Phi) is 6.24. The molecule has 0 aliphatic heterocycles. The van der Waals surface area contributed by atoms with Crippen molar-refractivity contribution in [1.82, 2.24) is 15.3 Å². The van der Waals surface area contributed by atoms with Crippen LogP contribution >= 0.6 is 23.2 Å². The minimum atomic E-state index is -0.988. The van der Waals surface area contributed by atoms with Crippen molar-refractivity contribution in [2.24, 2.45) is 0 Å². The third kappa shape index (κ3) is 4.95. The number of nitrogens with one attached hydrogen (secondary N) is 1. The van der Waals surface area contributed by atoms with Crippen LogP contribution in [0.4, 0.5) is 0 Å². The standard InChI is InChI=1S/C19H15Cl2N3O3/c20-12-5-6-14(16(21)9-12)17(25)11-24-18(26)15-4-2-8-23-19(15)27-13-3-1-7-22-10-13/h1-10,17,25H,11H2,(H,24,26). The van der Waals surface area contributed by atoms with Crippen LogP contribution in [0.5, 0.6) is 11.6 Å². The lowest BCUT2D eigenvalue weighted by Crippen LogP contribution is -2.29.